The van der Waals surface area contributed by atoms with Crippen molar-refractivity contribution in [3.8, 4) is 17.2 Å². The summed E-state index contributed by atoms with van der Waals surface area (Å²) in [5, 5.41) is 17.7. The molecule has 1 saturated heterocycles. The van der Waals surface area contributed by atoms with Gasteiger partial charge in [0, 0.05) is 30.9 Å². The lowest BCUT2D eigenvalue weighted by molar-refractivity contribution is 0.00721. The molecule has 3 aromatic carbocycles. The number of H-pyrrole nitrogens is 1. The number of aromatic nitrogens is 4. The second-order valence-electron chi connectivity index (χ2n) is 10.8. The molecule has 1 fully saturated rings. The van der Waals surface area contributed by atoms with Crippen LogP contribution in [0.2, 0.25) is 0 Å². The Morgan fingerprint density at radius 1 is 0.795 bits per heavy atom. The number of hydrogen-bond acceptors (Lipinski definition) is 9. The zero-order chi connectivity index (χ0) is 30.2. The SMILES string of the molecule is COc1ccccc1COCCCOc1ccc([C@H]2CCNC[C@@H]2OCCOc2ccccc2CCCc2nn[nH]n2)cc1. The number of piperidine rings is 1. The normalized spacial score (nSPS) is 16.5. The van der Waals surface area contributed by atoms with Gasteiger partial charge >= 0.3 is 0 Å². The summed E-state index contributed by atoms with van der Waals surface area (Å²) in [4.78, 5) is 0. The lowest BCUT2D eigenvalue weighted by atomic mass is 9.88. The highest BCUT2D eigenvalue weighted by Crippen LogP contribution is 2.29. The summed E-state index contributed by atoms with van der Waals surface area (Å²) in [6, 6.07) is 24.5. The summed E-state index contributed by atoms with van der Waals surface area (Å²) < 4.78 is 29.7. The third-order valence-electron chi connectivity index (χ3n) is 7.77. The summed E-state index contributed by atoms with van der Waals surface area (Å²) in [5.41, 5.74) is 3.50. The molecule has 234 valence electrons. The van der Waals surface area contributed by atoms with E-state index in [0.717, 1.165) is 73.8 Å². The summed E-state index contributed by atoms with van der Waals surface area (Å²) in [7, 11) is 1.68. The molecule has 4 aromatic rings. The molecule has 2 heterocycles. The first kappa shape index (κ1) is 31.4. The number of nitrogens with zero attached hydrogens (tertiary/aromatic N) is 3. The number of nitrogens with one attached hydrogen (secondary N) is 2. The van der Waals surface area contributed by atoms with E-state index in [-0.39, 0.29) is 6.10 Å². The summed E-state index contributed by atoms with van der Waals surface area (Å²) in [5.74, 6) is 3.68. The third kappa shape index (κ3) is 9.51. The highest BCUT2D eigenvalue weighted by Gasteiger charge is 2.27. The van der Waals surface area contributed by atoms with Crippen LogP contribution in [-0.4, -0.2) is 73.4 Å². The fraction of sp³-hybridized carbons (Fsp3) is 0.441. The highest BCUT2D eigenvalue weighted by molar-refractivity contribution is 5.34. The molecule has 2 N–H and O–H groups in total. The van der Waals surface area contributed by atoms with E-state index in [4.69, 9.17) is 23.7 Å². The molecule has 10 nitrogen and oxygen atoms in total. The van der Waals surface area contributed by atoms with Crippen molar-refractivity contribution in [2.75, 3.05) is 46.6 Å². The van der Waals surface area contributed by atoms with Gasteiger partial charge in [0.15, 0.2) is 5.82 Å². The van der Waals surface area contributed by atoms with E-state index in [9.17, 15) is 0 Å². The van der Waals surface area contributed by atoms with Crippen LogP contribution in [-0.2, 0) is 28.9 Å². The lowest BCUT2D eigenvalue weighted by Gasteiger charge is -2.32. The van der Waals surface area contributed by atoms with Gasteiger partial charge in [-0.3, -0.25) is 0 Å². The molecule has 1 aliphatic heterocycles. The van der Waals surface area contributed by atoms with E-state index in [1.165, 1.54) is 11.1 Å². The van der Waals surface area contributed by atoms with E-state index < -0.39 is 0 Å². The number of benzene rings is 3. The molecule has 1 aromatic heterocycles. The molecule has 0 saturated carbocycles. The molecule has 10 heteroatoms. The van der Waals surface area contributed by atoms with E-state index in [1.54, 1.807) is 7.11 Å². The highest BCUT2D eigenvalue weighted by atomic mass is 16.5. The predicted octanol–water partition coefficient (Wildman–Crippen LogP) is 4.91. The fourth-order valence-corrected chi connectivity index (χ4v) is 5.48. The van der Waals surface area contributed by atoms with Crippen molar-refractivity contribution in [1.82, 2.24) is 25.9 Å². The summed E-state index contributed by atoms with van der Waals surface area (Å²) in [6.07, 6.45) is 4.51. The molecule has 0 radical (unpaired) electrons. The number of methoxy groups -OCH3 is 1. The van der Waals surface area contributed by atoms with Gasteiger partial charge in [-0.25, -0.2) is 0 Å². The van der Waals surface area contributed by atoms with Gasteiger partial charge in [-0.1, -0.05) is 53.7 Å². The first-order valence-electron chi connectivity index (χ1n) is 15.5. The lowest BCUT2D eigenvalue weighted by Crippen LogP contribution is -2.41. The summed E-state index contributed by atoms with van der Waals surface area (Å²) >= 11 is 0. The fourth-order valence-electron chi connectivity index (χ4n) is 5.48. The van der Waals surface area contributed by atoms with Crippen LogP contribution in [0, 0.1) is 0 Å². The van der Waals surface area contributed by atoms with Crippen LogP contribution in [0.1, 0.15) is 47.7 Å². The number of rotatable bonds is 18. The van der Waals surface area contributed by atoms with E-state index in [2.05, 4.69) is 56.3 Å². The first-order chi connectivity index (χ1) is 21.8. The molecule has 0 spiro atoms. The van der Waals surface area contributed by atoms with Crippen molar-refractivity contribution < 1.29 is 23.7 Å². The maximum Gasteiger partial charge on any atom is 0.174 e. The van der Waals surface area contributed by atoms with Crippen molar-refractivity contribution in [2.45, 2.75) is 50.7 Å². The van der Waals surface area contributed by atoms with Crippen LogP contribution in [0.15, 0.2) is 72.8 Å². The Balaban J connectivity index is 1.01. The number of para-hydroxylation sites is 2. The van der Waals surface area contributed by atoms with Crippen molar-refractivity contribution in [1.29, 1.82) is 0 Å². The zero-order valence-corrected chi connectivity index (χ0v) is 25.5. The van der Waals surface area contributed by atoms with Crippen molar-refractivity contribution >= 4 is 0 Å². The van der Waals surface area contributed by atoms with Crippen LogP contribution >= 0.6 is 0 Å². The zero-order valence-electron chi connectivity index (χ0n) is 25.5. The largest absolute Gasteiger partial charge is 0.496 e. The quantitative estimate of drug-likeness (QED) is 0.154. The Morgan fingerprint density at radius 2 is 1.61 bits per heavy atom. The molecule has 0 unspecified atom stereocenters. The average molecular weight is 602 g/mol. The van der Waals surface area contributed by atoms with Gasteiger partial charge < -0.3 is 29.0 Å². The smallest absolute Gasteiger partial charge is 0.174 e. The Morgan fingerprint density at radius 3 is 2.43 bits per heavy atom. The average Bonchev–Trinajstić information content (AvgIpc) is 3.60. The van der Waals surface area contributed by atoms with E-state index in [0.29, 0.717) is 39.0 Å². The molecule has 2 atom stereocenters. The monoisotopic (exact) mass is 601 g/mol. The molecular weight excluding hydrogens is 558 g/mol. The minimum absolute atomic E-state index is 0.0877. The van der Waals surface area contributed by atoms with E-state index in [1.807, 2.05) is 42.5 Å². The number of tetrazole rings is 1. The minimum atomic E-state index is 0.0877. The van der Waals surface area contributed by atoms with Crippen LogP contribution < -0.4 is 19.5 Å². The Hall–Kier alpha value is -3.99. The van der Waals surface area contributed by atoms with Crippen LogP contribution in [0.3, 0.4) is 0 Å². The second kappa shape index (κ2) is 17.3. The van der Waals surface area contributed by atoms with Gasteiger partial charge in [0.25, 0.3) is 0 Å². The number of aryl methyl sites for hydroxylation is 2. The van der Waals surface area contributed by atoms with Gasteiger partial charge in [0.1, 0.15) is 23.9 Å². The maximum atomic E-state index is 6.35. The van der Waals surface area contributed by atoms with Crippen molar-refractivity contribution in [2.24, 2.45) is 0 Å². The van der Waals surface area contributed by atoms with Gasteiger partial charge in [0.2, 0.25) is 0 Å². The van der Waals surface area contributed by atoms with Crippen LogP contribution in [0.4, 0.5) is 0 Å². The molecular formula is C34H43N5O5. The van der Waals surface area contributed by atoms with Gasteiger partial charge in [-0.2, -0.15) is 5.21 Å². The van der Waals surface area contributed by atoms with Crippen LogP contribution in [0.25, 0.3) is 0 Å². The molecule has 0 aliphatic carbocycles. The van der Waals surface area contributed by atoms with E-state index >= 15 is 0 Å². The number of aromatic amines is 1. The molecule has 44 heavy (non-hydrogen) atoms. The maximum absolute atomic E-state index is 6.35. The minimum Gasteiger partial charge on any atom is -0.496 e. The Bertz CT molecular complexity index is 1370. The van der Waals surface area contributed by atoms with Gasteiger partial charge in [-0.05, 0) is 61.2 Å². The molecule has 1 aliphatic rings. The van der Waals surface area contributed by atoms with Crippen LogP contribution in [0.5, 0.6) is 17.2 Å². The Labute approximate surface area is 259 Å². The summed E-state index contributed by atoms with van der Waals surface area (Å²) in [6.45, 7) is 4.59. The molecule has 0 bridgehead atoms. The predicted molar refractivity (Wildman–Crippen MR) is 167 cm³/mol. The first-order valence-corrected chi connectivity index (χ1v) is 15.5. The topological polar surface area (TPSA) is 113 Å². The van der Waals surface area contributed by atoms with Gasteiger partial charge in [-0.15, -0.1) is 10.2 Å². The molecule has 5 rings (SSSR count). The van der Waals surface area contributed by atoms with Crippen molar-refractivity contribution in [3.63, 3.8) is 0 Å². The third-order valence-corrected chi connectivity index (χ3v) is 7.77. The molecule has 0 amide bonds. The van der Waals surface area contributed by atoms with Crippen molar-refractivity contribution in [3.05, 3.63) is 95.3 Å². The number of ether oxygens (including phenoxy) is 5. The number of hydrogen-bond donors (Lipinski definition) is 2. The second-order valence-corrected chi connectivity index (χ2v) is 10.8. The standard InChI is InChI=1S/C34H43N5O5/c1-40-31-11-4-3-9-28(31)25-41-20-7-21-42-29-16-14-26(15-17-29)30-18-19-35-24-33(30)44-23-22-43-32-12-5-2-8-27(32)10-6-13-34-36-38-39-37-34/h2-5,8-9,11-12,14-17,30,33,35H,6-7,10,13,18-25H2,1H3,(H,36,37,38,39)/t30-,33+/m1/s1. The Kier molecular flexibility index (Phi) is 12.4. The van der Waals surface area contributed by atoms with Gasteiger partial charge in [0.05, 0.1) is 39.6 Å².